The topological polar surface area (TPSA) is 126 Å². The second-order valence-electron chi connectivity index (χ2n) is 7.98. The molecule has 0 spiro atoms. The van der Waals surface area contributed by atoms with E-state index < -0.39 is 0 Å². The van der Waals surface area contributed by atoms with Crippen LogP contribution in [0.15, 0.2) is 56.6 Å². The summed E-state index contributed by atoms with van der Waals surface area (Å²) in [5, 5.41) is 8.99. The first-order valence-corrected chi connectivity index (χ1v) is 11.4. The summed E-state index contributed by atoms with van der Waals surface area (Å²) in [7, 11) is 3.27. The van der Waals surface area contributed by atoms with E-state index in [0.29, 0.717) is 11.9 Å². The smallest absolute Gasteiger partial charge is 0.209 e. The lowest BCUT2D eigenvalue weighted by atomic mass is 9.98. The van der Waals surface area contributed by atoms with Crippen LogP contribution in [0.1, 0.15) is 61.8 Å². The molecule has 182 valence electrons. The van der Waals surface area contributed by atoms with Gasteiger partial charge in [0, 0.05) is 14.1 Å². The Morgan fingerprint density at radius 2 is 1.18 bits per heavy atom. The first-order chi connectivity index (χ1) is 16.0. The standard InChI is InChI=1S/C25H34N8.ClH/c1-5-7-22(30-32-24(26)28-3)16-9-11-20-18(13-16)15-19-14-17(10-12-21(19)20)23(8-6-2)31-33-25(27)29-4;/h9-14H,5-8,15H2,1-4H3,(H3,26,28,32)(H3,27,29,33);1H/b30-22+,31-23+;. The molecule has 0 aliphatic heterocycles. The predicted octanol–water partition coefficient (Wildman–Crippen LogP) is 3.76. The maximum Gasteiger partial charge on any atom is 0.209 e. The lowest BCUT2D eigenvalue weighted by Crippen LogP contribution is -2.28. The minimum absolute atomic E-state index is 0. The van der Waals surface area contributed by atoms with Crippen LogP contribution < -0.4 is 22.3 Å². The van der Waals surface area contributed by atoms with Crippen molar-refractivity contribution in [3.8, 4) is 11.1 Å². The number of nitrogens with one attached hydrogen (secondary N) is 2. The quantitative estimate of drug-likeness (QED) is 0.221. The summed E-state index contributed by atoms with van der Waals surface area (Å²) in [5.41, 5.74) is 26.5. The second-order valence-corrected chi connectivity index (χ2v) is 7.98. The summed E-state index contributed by atoms with van der Waals surface area (Å²) in [6, 6.07) is 13.1. The van der Waals surface area contributed by atoms with Crippen molar-refractivity contribution < 1.29 is 0 Å². The highest BCUT2D eigenvalue weighted by Crippen LogP contribution is 2.38. The van der Waals surface area contributed by atoms with E-state index in [1.165, 1.54) is 22.3 Å². The van der Waals surface area contributed by atoms with Gasteiger partial charge in [-0.3, -0.25) is 9.98 Å². The number of nitrogens with zero attached hydrogens (tertiary/aromatic N) is 4. The molecule has 0 amide bonds. The van der Waals surface area contributed by atoms with Crippen molar-refractivity contribution in [2.45, 2.75) is 46.0 Å². The number of hydrazone groups is 2. The monoisotopic (exact) mass is 482 g/mol. The molecule has 0 fully saturated rings. The number of rotatable bonds is 8. The highest BCUT2D eigenvalue weighted by Gasteiger charge is 2.21. The zero-order valence-corrected chi connectivity index (χ0v) is 21.2. The van der Waals surface area contributed by atoms with Gasteiger partial charge < -0.3 is 11.5 Å². The Balaban J connectivity index is 0.00000408. The van der Waals surface area contributed by atoms with Crippen molar-refractivity contribution in [1.29, 1.82) is 0 Å². The van der Waals surface area contributed by atoms with Gasteiger partial charge in [0.15, 0.2) is 0 Å². The molecule has 1 aliphatic rings. The van der Waals surface area contributed by atoms with Gasteiger partial charge in [-0.15, -0.1) is 12.4 Å². The van der Waals surface area contributed by atoms with Crippen LogP contribution in [-0.2, 0) is 6.42 Å². The van der Waals surface area contributed by atoms with Crippen LogP contribution in [0.3, 0.4) is 0 Å². The number of hydrogen-bond acceptors (Lipinski definition) is 4. The first-order valence-electron chi connectivity index (χ1n) is 11.4. The fourth-order valence-corrected chi connectivity index (χ4v) is 3.92. The lowest BCUT2D eigenvalue weighted by molar-refractivity contribution is 0.940. The van der Waals surface area contributed by atoms with E-state index in [2.05, 4.69) is 81.3 Å². The van der Waals surface area contributed by atoms with Gasteiger partial charge in [0.25, 0.3) is 0 Å². The van der Waals surface area contributed by atoms with E-state index in [1.807, 2.05) is 0 Å². The first kappa shape index (κ1) is 26.9. The molecule has 0 saturated carbocycles. The van der Waals surface area contributed by atoms with Crippen molar-refractivity contribution in [3.63, 3.8) is 0 Å². The van der Waals surface area contributed by atoms with Crippen LogP contribution in [0.2, 0.25) is 0 Å². The summed E-state index contributed by atoms with van der Waals surface area (Å²) in [5.74, 6) is 0.603. The Hall–Kier alpha value is -3.39. The Morgan fingerprint density at radius 1 is 0.765 bits per heavy atom. The van der Waals surface area contributed by atoms with E-state index in [4.69, 9.17) is 11.5 Å². The van der Waals surface area contributed by atoms with Crippen LogP contribution in [-0.4, -0.2) is 37.4 Å². The summed E-state index contributed by atoms with van der Waals surface area (Å²) in [4.78, 5) is 7.82. The number of nitrogens with two attached hydrogens (primary N) is 2. The average molecular weight is 483 g/mol. The molecule has 0 aromatic heterocycles. The number of guanidine groups is 2. The molecule has 2 aromatic carbocycles. The molecule has 0 bridgehead atoms. The van der Waals surface area contributed by atoms with Crippen molar-refractivity contribution in [2.75, 3.05) is 14.1 Å². The summed E-state index contributed by atoms with van der Waals surface area (Å²) < 4.78 is 0. The molecule has 34 heavy (non-hydrogen) atoms. The van der Waals surface area contributed by atoms with E-state index >= 15 is 0 Å². The minimum atomic E-state index is 0. The molecular formula is C25H35ClN8. The van der Waals surface area contributed by atoms with E-state index in [-0.39, 0.29) is 12.4 Å². The molecule has 8 nitrogen and oxygen atoms in total. The molecule has 0 radical (unpaired) electrons. The third-order valence-corrected chi connectivity index (χ3v) is 5.61. The van der Waals surface area contributed by atoms with Crippen molar-refractivity contribution in [1.82, 2.24) is 10.9 Å². The number of fused-ring (bicyclic) bond motifs is 3. The molecule has 0 unspecified atom stereocenters. The number of halogens is 1. The SMILES string of the molecule is CCC/C(=N\NC(N)=NC)c1ccc2c(c1)Cc1cc(/C(CCC)=N/NC(N)=NC)ccc1-2.Cl. The number of hydrogen-bond donors (Lipinski definition) is 4. The predicted molar refractivity (Wildman–Crippen MR) is 146 cm³/mol. The van der Waals surface area contributed by atoms with Crippen LogP contribution in [0.5, 0.6) is 0 Å². The van der Waals surface area contributed by atoms with E-state index in [0.717, 1.165) is 54.7 Å². The summed E-state index contributed by atoms with van der Waals surface area (Å²) in [6.07, 6.45) is 4.57. The third-order valence-electron chi connectivity index (χ3n) is 5.61. The van der Waals surface area contributed by atoms with Crippen LogP contribution in [0.25, 0.3) is 11.1 Å². The molecule has 0 atom stereocenters. The third kappa shape index (κ3) is 6.35. The number of benzene rings is 2. The van der Waals surface area contributed by atoms with Crippen LogP contribution in [0.4, 0.5) is 0 Å². The molecule has 0 heterocycles. The highest BCUT2D eigenvalue weighted by molar-refractivity contribution is 6.03. The molecule has 6 N–H and O–H groups in total. The van der Waals surface area contributed by atoms with Gasteiger partial charge in [-0.2, -0.15) is 10.2 Å². The lowest BCUT2D eigenvalue weighted by Gasteiger charge is -2.10. The van der Waals surface area contributed by atoms with Crippen molar-refractivity contribution in [3.05, 3.63) is 58.7 Å². The van der Waals surface area contributed by atoms with Gasteiger partial charge in [0.2, 0.25) is 11.9 Å². The molecular weight excluding hydrogens is 448 g/mol. The summed E-state index contributed by atoms with van der Waals surface area (Å²) in [6.45, 7) is 4.28. The second kappa shape index (κ2) is 12.7. The van der Waals surface area contributed by atoms with Crippen molar-refractivity contribution >= 4 is 35.7 Å². The largest absolute Gasteiger partial charge is 0.369 e. The molecule has 9 heteroatoms. The number of aliphatic imine (C=N–C) groups is 2. The zero-order chi connectivity index (χ0) is 23.8. The molecule has 3 rings (SSSR count). The minimum Gasteiger partial charge on any atom is -0.369 e. The Bertz CT molecular complexity index is 1030. The van der Waals surface area contributed by atoms with E-state index in [9.17, 15) is 0 Å². The zero-order valence-electron chi connectivity index (χ0n) is 20.4. The van der Waals surface area contributed by atoms with E-state index in [1.54, 1.807) is 14.1 Å². The van der Waals surface area contributed by atoms with Gasteiger partial charge in [0.1, 0.15) is 0 Å². The molecule has 2 aromatic rings. The highest BCUT2D eigenvalue weighted by atomic mass is 35.5. The van der Waals surface area contributed by atoms with Gasteiger partial charge in [-0.25, -0.2) is 10.9 Å². The maximum atomic E-state index is 5.75. The maximum absolute atomic E-state index is 5.75. The summed E-state index contributed by atoms with van der Waals surface area (Å²) >= 11 is 0. The van der Waals surface area contributed by atoms with Gasteiger partial charge in [-0.1, -0.05) is 51.0 Å². The average Bonchev–Trinajstić information content (AvgIpc) is 3.20. The Labute approximate surface area is 208 Å². The molecule has 1 aliphatic carbocycles. The fourth-order valence-electron chi connectivity index (χ4n) is 3.92. The fraction of sp³-hybridized carbons (Fsp3) is 0.360. The van der Waals surface area contributed by atoms with Crippen LogP contribution in [0, 0.1) is 0 Å². The van der Waals surface area contributed by atoms with Gasteiger partial charge >= 0.3 is 0 Å². The van der Waals surface area contributed by atoms with Gasteiger partial charge in [-0.05, 0) is 64.8 Å². The molecule has 0 saturated heterocycles. The van der Waals surface area contributed by atoms with Crippen LogP contribution >= 0.6 is 12.4 Å². The normalized spacial score (nSPS) is 13.8. The Kier molecular flexibility index (Phi) is 10.1. The van der Waals surface area contributed by atoms with Gasteiger partial charge in [0.05, 0.1) is 11.4 Å². The van der Waals surface area contributed by atoms with Crippen molar-refractivity contribution in [2.24, 2.45) is 31.7 Å². The Morgan fingerprint density at radius 3 is 1.53 bits per heavy atom.